The van der Waals surface area contributed by atoms with E-state index in [9.17, 15) is 0 Å². The van der Waals surface area contributed by atoms with Gasteiger partial charge in [-0.1, -0.05) is 0 Å². The van der Waals surface area contributed by atoms with Crippen LogP contribution in [0.1, 0.15) is 41.3 Å². The summed E-state index contributed by atoms with van der Waals surface area (Å²) in [6.45, 7) is 10.4. The Balaban J connectivity index is 1.75. The van der Waals surface area contributed by atoms with Crippen LogP contribution in [0.25, 0.3) is 0 Å². The highest BCUT2D eigenvalue weighted by atomic mass is 32.1. The quantitative estimate of drug-likeness (QED) is 0.826. The molecule has 2 heterocycles. The third-order valence-corrected chi connectivity index (χ3v) is 4.39. The summed E-state index contributed by atoms with van der Waals surface area (Å²) in [6, 6.07) is 2.50. The number of thiazole rings is 1. The lowest BCUT2D eigenvalue weighted by molar-refractivity contribution is 0.502. The first-order valence-corrected chi connectivity index (χ1v) is 7.60. The van der Waals surface area contributed by atoms with E-state index < -0.39 is 0 Å². The number of aryl methyl sites for hydroxylation is 4. The minimum Gasteiger partial charge on any atom is -0.309 e. The van der Waals surface area contributed by atoms with Crippen LogP contribution in [0.3, 0.4) is 0 Å². The van der Waals surface area contributed by atoms with Gasteiger partial charge >= 0.3 is 0 Å². The maximum absolute atomic E-state index is 4.47. The number of nitrogens with one attached hydrogen (secondary N) is 1. The Morgan fingerprint density at radius 1 is 1.37 bits per heavy atom. The SMILES string of the molecule is Cc1cc(C)n(CCCNC(C)c2scnc2C)n1. The number of hydrogen-bond acceptors (Lipinski definition) is 4. The molecular formula is C14H22N4S. The van der Waals surface area contributed by atoms with Gasteiger partial charge in [0, 0.05) is 23.2 Å². The summed E-state index contributed by atoms with van der Waals surface area (Å²) in [5.41, 5.74) is 5.39. The second kappa shape index (κ2) is 6.30. The molecule has 0 aliphatic carbocycles. The zero-order valence-corrected chi connectivity index (χ0v) is 12.9. The zero-order chi connectivity index (χ0) is 13.8. The molecule has 2 aromatic rings. The van der Waals surface area contributed by atoms with Gasteiger partial charge in [0.25, 0.3) is 0 Å². The van der Waals surface area contributed by atoms with Gasteiger partial charge in [-0.25, -0.2) is 4.98 Å². The molecule has 0 radical (unpaired) electrons. The third kappa shape index (κ3) is 3.64. The highest BCUT2D eigenvalue weighted by Crippen LogP contribution is 2.20. The average Bonchev–Trinajstić information content (AvgIpc) is 2.91. The van der Waals surface area contributed by atoms with Crippen molar-refractivity contribution in [3.8, 4) is 0 Å². The Hall–Kier alpha value is -1.20. The molecule has 0 saturated carbocycles. The standard InChI is InChI=1S/C14H22N4S/c1-10-8-11(2)18(17-10)7-5-6-15-12(3)14-13(4)16-9-19-14/h8-9,12,15H,5-7H2,1-4H3. The van der Waals surface area contributed by atoms with Crippen LogP contribution in [0.15, 0.2) is 11.6 Å². The molecule has 0 fully saturated rings. The fourth-order valence-electron chi connectivity index (χ4n) is 2.27. The van der Waals surface area contributed by atoms with E-state index in [1.807, 2.05) is 12.4 Å². The van der Waals surface area contributed by atoms with E-state index in [-0.39, 0.29) is 0 Å². The summed E-state index contributed by atoms with van der Waals surface area (Å²) in [6.07, 6.45) is 1.09. The van der Waals surface area contributed by atoms with E-state index in [4.69, 9.17) is 0 Å². The largest absolute Gasteiger partial charge is 0.309 e. The molecule has 0 aliphatic rings. The summed E-state index contributed by atoms with van der Waals surface area (Å²) in [7, 11) is 0. The van der Waals surface area contributed by atoms with Crippen molar-refractivity contribution in [1.29, 1.82) is 0 Å². The number of aromatic nitrogens is 3. The van der Waals surface area contributed by atoms with Crippen molar-refractivity contribution >= 4 is 11.3 Å². The van der Waals surface area contributed by atoms with Crippen molar-refractivity contribution in [2.45, 2.75) is 46.7 Å². The van der Waals surface area contributed by atoms with Crippen molar-refractivity contribution in [3.05, 3.63) is 33.5 Å². The van der Waals surface area contributed by atoms with Crippen LogP contribution in [0.4, 0.5) is 0 Å². The zero-order valence-electron chi connectivity index (χ0n) is 12.1. The van der Waals surface area contributed by atoms with E-state index >= 15 is 0 Å². The van der Waals surface area contributed by atoms with Crippen LogP contribution < -0.4 is 5.32 Å². The van der Waals surface area contributed by atoms with E-state index in [0.717, 1.165) is 30.9 Å². The molecule has 0 spiro atoms. The predicted octanol–water partition coefficient (Wildman–Crippen LogP) is 3.01. The van der Waals surface area contributed by atoms with Crippen LogP contribution in [0.2, 0.25) is 0 Å². The summed E-state index contributed by atoms with van der Waals surface area (Å²) >= 11 is 1.73. The molecule has 104 valence electrons. The maximum Gasteiger partial charge on any atom is 0.0798 e. The topological polar surface area (TPSA) is 42.7 Å². The molecule has 0 aliphatic heterocycles. The average molecular weight is 278 g/mol. The van der Waals surface area contributed by atoms with Gasteiger partial charge in [0.05, 0.1) is 16.9 Å². The summed E-state index contributed by atoms with van der Waals surface area (Å²) in [4.78, 5) is 5.63. The van der Waals surface area contributed by atoms with Gasteiger partial charge in [0.15, 0.2) is 0 Å². The van der Waals surface area contributed by atoms with Gasteiger partial charge in [-0.3, -0.25) is 4.68 Å². The van der Waals surface area contributed by atoms with Crippen molar-refractivity contribution in [2.75, 3.05) is 6.54 Å². The second-order valence-corrected chi connectivity index (χ2v) is 5.87. The molecule has 1 N–H and O–H groups in total. The molecule has 2 aromatic heterocycles. The fourth-order valence-corrected chi connectivity index (χ4v) is 3.10. The lowest BCUT2D eigenvalue weighted by atomic mass is 10.2. The Bertz CT molecular complexity index is 529. The van der Waals surface area contributed by atoms with Crippen molar-refractivity contribution in [1.82, 2.24) is 20.1 Å². The van der Waals surface area contributed by atoms with Crippen molar-refractivity contribution in [2.24, 2.45) is 0 Å². The highest BCUT2D eigenvalue weighted by molar-refractivity contribution is 7.09. The summed E-state index contributed by atoms with van der Waals surface area (Å²) < 4.78 is 2.08. The minimum absolute atomic E-state index is 0.382. The highest BCUT2D eigenvalue weighted by Gasteiger charge is 2.09. The van der Waals surface area contributed by atoms with Crippen molar-refractivity contribution in [3.63, 3.8) is 0 Å². The number of rotatable bonds is 6. The lowest BCUT2D eigenvalue weighted by Gasteiger charge is -2.13. The summed E-state index contributed by atoms with van der Waals surface area (Å²) in [5.74, 6) is 0. The van der Waals surface area contributed by atoms with Gasteiger partial charge in [-0.2, -0.15) is 5.10 Å². The van der Waals surface area contributed by atoms with Crippen LogP contribution in [-0.2, 0) is 6.54 Å². The first-order valence-electron chi connectivity index (χ1n) is 6.72. The monoisotopic (exact) mass is 278 g/mol. The first-order chi connectivity index (χ1) is 9.08. The Labute approximate surface area is 118 Å². The molecule has 2 rings (SSSR count). The van der Waals surface area contributed by atoms with Gasteiger partial charge in [0.2, 0.25) is 0 Å². The first kappa shape index (κ1) is 14.2. The molecule has 1 unspecified atom stereocenters. The Kier molecular flexibility index (Phi) is 4.71. The van der Waals surface area contributed by atoms with Gasteiger partial charge < -0.3 is 5.32 Å². The van der Waals surface area contributed by atoms with E-state index in [1.165, 1.54) is 10.6 Å². The predicted molar refractivity (Wildman–Crippen MR) is 79.6 cm³/mol. The van der Waals surface area contributed by atoms with Crippen LogP contribution in [-0.4, -0.2) is 21.3 Å². The third-order valence-electron chi connectivity index (χ3n) is 3.28. The molecule has 1 atom stereocenters. The fraction of sp³-hybridized carbons (Fsp3) is 0.571. The van der Waals surface area contributed by atoms with Gasteiger partial charge in [0.1, 0.15) is 0 Å². The molecule has 0 aromatic carbocycles. The normalized spacial score (nSPS) is 12.8. The van der Waals surface area contributed by atoms with Crippen LogP contribution in [0, 0.1) is 20.8 Å². The van der Waals surface area contributed by atoms with Crippen molar-refractivity contribution < 1.29 is 0 Å². The molecule has 0 bridgehead atoms. The Morgan fingerprint density at radius 2 is 2.16 bits per heavy atom. The maximum atomic E-state index is 4.47. The van der Waals surface area contributed by atoms with E-state index in [0.29, 0.717) is 6.04 Å². The van der Waals surface area contributed by atoms with Crippen LogP contribution >= 0.6 is 11.3 Å². The van der Waals surface area contributed by atoms with E-state index in [1.54, 1.807) is 11.3 Å². The Morgan fingerprint density at radius 3 is 2.74 bits per heavy atom. The second-order valence-electron chi connectivity index (χ2n) is 4.98. The molecule has 0 amide bonds. The number of hydrogen-bond donors (Lipinski definition) is 1. The molecule has 5 heteroatoms. The molecular weight excluding hydrogens is 256 g/mol. The van der Waals surface area contributed by atoms with E-state index in [2.05, 4.69) is 46.9 Å². The smallest absolute Gasteiger partial charge is 0.0798 e. The molecule has 0 saturated heterocycles. The number of nitrogens with zero attached hydrogens (tertiary/aromatic N) is 3. The lowest BCUT2D eigenvalue weighted by Crippen LogP contribution is -2.21. The van der Waals surface area contributed by atoms with Gasteiger partial charge in [-0.05, 0) is 46.7 Å². The minimum atomic E-state index is 0.382. The summed E-state index contributed by atoms with van der Waals surface area (Å²) in [5, 5.41) is 8.02. The molecule has 4 nitrogen and oxygen atoms in total. The molecule has 19 heavy (non-hydrogen) atoms. The van der Waals surface area contributed by atoms with Gasteiger partial charge in [-0.15, -0.1) is 11.3 Å². The van der Waals surface area contributed by atoms with Crippen LogP contribution in [0.5, 0.6) is 0 Å².